The summed E-state index contributed by atoms with van der Waals surface area (Å²) in [6.07, 6.45) is 4.27. The van der Waals surface area contributed by atoms with Gasteiger partial charge in [-0.15, -0.1) is 0 Å². The molecule has 0 saturated heterocycles. The van der Waals surface area contributed by atoms with E-state index in [0.717, 1.165) is 33.2 Å². The smallest absolute Gasteiger partial charge is 0.226 e. The van der Waals surface area contributed by atoms with Crippen molar-refractivity contribution in [2.45, 2.75) is 13.0 Å². The maximum absolute atomic E-state index is 12.4. The van der Waals surface area contributed by atoms with Gasteiger partial charge in [-0.25, -0.2) is 0 Å². The van der Waals surface area contributed by atoms with Gasteiger partial charge in [-0.3, -0.25) is 4.79 Å². The summed E-state index contributed by atoms with van der Waals surface area (Å²) in [5.41, 5.74) is 2.92. The van der Waals surface area contributed by atoms with Gasteiger partial charge in [-0.05, 0) is 36.4 Å². The first-order valence-corrected chi connectivity index (χ1v) is 8.24. The maximum atomic E-state index is 12.4. The molecule has 0 atom stereocenters. The monoisotopic (exact) mass is 333 g/mol. The van der Waals surface area contributed by atoms with Crippen LogP contribution in [0.1, 0.15) is 6.42 Å². The normalized spacial score (nSPS) is 11.1. The summed E-state index contributed by atoms with van der Waals surface area (Å²) < 4.78 is 7.46. The fraction of sp³-hybridized carbons (Fsp3) is 0.150. The molecule has 5 nitrogen and oxygen atoms in total. The van der Waals surface area contributed by atoms with E-state index in [1.807, 2.05) is 60.9 Å². The molecule has 0 unspecified atom stereocenters. The number of benzene rings is 2. The molecule has 0 aliphatic carbocycles. The first kappa shape index (κ1) is 15.3. The quantitative estimate of drug-likeness (QED) is 0.576. The van der Waals surface area contributed by atoms with Gasteiger partial charge in [0.1, 0.15) is 5.75 Å². The van der Waals surface area contributed by atoms with Gasteiger partial charge in [-0.2, -0.15) is 0 Å². The number of hydrogen-bond acceptors (Lipinski definition) is 2. The van der Waals surface area contributed by atoms with Crippen LogP contribution in [0, 0.1) is 0 Å². The van der Waals surface area contributed by atoms with Crippen molar-refractivity contribution < 1.29 is 9.53 Å². The number of amides is 1. The van der Waals surface area contributed by atoms with Gasteiger partial charge in [0.05, 0.1) is 18.3 Å². The molecule has 0 aliphatic heterocycles. The molecule has 2 aromatic heterocycles. The Morgan fingerprint density at radius 2 is 2.00 bits per heavy atom. The molecule has 2 N–H and O–H groups in total. The number of aromatic nitrogens is 2. The Morgan fingerprint density at radius 1 is 1.12 bits per heavy atom. The lowest BCUT2D eigenvalue weighted by Crippen LogP contribution is -2.14. The second-order valence-corrected chi connectivity index (χ2v) is 5.94. The van der Waals surface area contributed by atoms with Gasteiger partial charge < -0.3 is 19.6 Å². The number of anilines is 1. The van der Waals surface area contributed by atoms with Crippen LogP contribution < -0.4 is 10.1 Å². The van der Waals surface area contributed by atoms with Crippen LogP contribution in [-0.4, -0.2) is 22.6 Å². The summed E-state index contributed by atoms with van der Waals surface area (Å²) in [5.74, 6) is 0.846. The molecule has 0 fully saturated rings. The molecule has 4 rings (SSSR count). The fourth-order valence-electron chi connectivity index (χ4n) is 3.20. The van der Waals surface area contributed by atoms with Crippen LogP contribution >= 0.6 is 0 Å². The molecule has 25 heavy (non-hydrogen) atoms. The Kier molecular flexibility index (Phi) is 3.90. The van der Waals surface area contributed by atoms with Crippen molar-refractivity contribution in [1.82, 2.24) is 9.55 Å². The van der Waals surface area contributed by atoms with Crippen molar-refractivity contribution in [3.05, 3.63) is 60.9 Å². The number of fused-ring (bicyclic) bond motifs is 2. The molecule has 2 heterocycles. The van der Waals surface area contributed by atoms with E-state index in [4.69, 9.17) is 4.74 Å². The highest BCUT2D eigenvalue weighted by Crippen LogP contribution is 2.26. The van der Waals surface area contributed by atoms with Crippen molar-refractivity contribution >= 4 is 33.4 Å². The minimum Gasteiger partial charge on any atom is -0.496 e. The molecule has 1 amide bonds. The zero-order chi connectivity index (χ0) is 17.2. The number of ether oxygens (including phenoxy) is 1. The third-order valence-corrected chi connectivity index (χ3v) is 4.44. The third-order valence-electron chi connectivity index (χ3n) is 4.44. The van der Waals surface area contributed by atoms with E-state index in [9.17, 15) is 4.79 Å². The average molecular weight is 333 g/mol. The first-order valence-electron chi connectivity index (χ1n) is 8.24. The summed E-state index contributed by atoms with van der Waals surface area (Å²) in [6.45, 7) is 0.617. The number of carbonyl (C=O) groups excluding carboxylic acids is 1. The van der Waals surface area contributed by atoms with Crippen molar-refractivity contribution in [2.75, 3.05) is 12.4 Å². The van der Waals surface area contributed by atoms with E-state index in [0.29, 0.717) is 13.0 Å². The van der Waals surface area contributed by atoms with E-state index in [1.165, 1.54) is 0 Å². The van der Waals surface area contributed by atoms with Crippen molar-refractivity contribution in [3.63, 3.8) is 0 Å². The lowest BCUT2D eigenvalue weighted by atomic mass is 10.2. The standard InChI is InChI=1S/C20H19N3O2/c1-25-19-7-3-6-18-15(19)9-12-23(18)13-10-20(24)22-17-5-2-4-16-14(17)8-11-21-16/h2-9,11-12,21H,10,13H2,1H3,(H,22,24). The zero-order valence-electron chi connectivity index (χ0n) is 14.0. The summed E-state index contributed by atoms with van der Waals surface area (Å²) in [4.78, 5) is 15.5. The predicted octanol–water partition coefficient (Wildman–Crippen LogP) is 4.16. The Hall–Kier alpha value is -3.21. The molecule has 0 radical (unpaired) electrons. The molecule has 4 aromatic rings. The molecule has 0 spiro atoms. The third kappa shape index (κ3) is 2.85. The average Bonchev–Trinajstić information content (AvgIpc) is 3.27. The van der Waals surface area contributed by atoms with Gasteiger partial charge in [0.2, 0.25) is 5.91 Å². The van der Waals surface area contributed by atoms with Crippen LogP contribution in [0.2, 0.25) is 0 Å². The second-order valence-electron chi connectivity index (χ2n) is 5.94. The van der Waals surface area contributed by atoms with E-state index in [1.54, 1.807) is 7.11 Å². The molecule has 0 saturated carbocycles. The number of H-pyrrole nitrogens is 1. The number of carbonyl (C=O) groups is 1. The first-order chi connectivity index (χ1) is 12.3. The second kappa shape index (κ2) is 6.36. The topological polar surface area (TPSA) is 59.0 Å². The predicted molar refractivity (Wildman–Crippen MR) is 100 cm³/mol. The molecule has 0 aliphatic rings. The summed E-state index contributed by atoms with van der Waals surface area (Å²) >= 11 is 0. The van der Waals surface area contributed by atoms with Gasteiger partial charge in [0.15, 0.2) is 0 Å². The number of nitrogens with one attached hydrogen (secondary N) is 2. The van der Waals surface area contributed by atoms with Crippen LogP contribution in [0.25, 0.3) is 21.8 Å². The lowest BCUT2D eigenvalue weighted by Gasteiger charge is -2.09. The lowest BCUT2D eigenvalue weighted by molar-refractivity contribution is -0.116. The van der Waals surface area contributed by atoms with Crippen molar-refractivity contribution in [2.24, 2.45) is 0 Å². The molecular weight excluding hydrogens is 314 g/mol. The van der Waals surface area contributed by atoms with Crippen LogP contribution in [0.3, 0.4) is 0 Å². The molecule has 2 aromatic carbocycles. The van der Waals surface area contributed by atoms with Crippen molar-refractivity contribution in [3.8, 4) is 5.75 Å². The van der Waals surface area contributed by atoms with Crippen LogP contribution in [0.15, 0.2) is 60.9 Å². The fourth-order valence-corrected chi connectivity index (χ4v) is 3.20. The highest BCUT2D eigenvalue weighted by Gasteiger charge is 2.09. The van der Waals surface area contributed by atoms with E-state index < -0.39 is 0 Å². The number of hydrogen-bond donors (Lipinski definition) is 2. The number of methoxy groups -OCH3 is 1. The highest BCUT2D eigenvalue weighted by molar-refractivity contribution is 6.01. The van der Waals surface area contributed by atoms with E-state index in [2.05, 4.69) is 14.9 Å². The van der Waals surface area contributed by atoms with Crippen LogP contribution in [0.5, 0.6) is 5.75 Å². The van der Waals surface area contributed by atoms with E-state index in [-0.39, 0.29) is 5.91 Å². The summed E-state index contributed by atoms with van der Waals surface area (Å²) in [6, 6.07) is 15.8. The number of aromatic amines is 1. The van der Waals surface area contributed by atoms with Gasteiger partial charge in [0.25, 0.3) is 0 Å². The summed E-state index contributed by atoms with van der Waals surface area (Å²) in [5, 5.41) is 5.09. The molecule has 126 valence electrons. The molecule has 0 bridgehead atoms. The number of aryl methyl sites for hydroxylation is 1. The SMILES string of the molecule is COc1cccc2c1ccn2CCC(=O)Nc1cccc2[nH]ccc12. The Morgan fingerprint density at radius 3 is 2.88 bits per heavy atom. The van der Waals surface area contributed by atoms with Gasteiger partial charge in [0, 0.05) is 41.6 Å². The van der Waals surface area contributed by atoms with Crippen molar-refractivity contribution in [1.29, 1.82) is 0 Å². The van der Waals surface area contributed by atoms with Gasteiger partial charge >= 0.3 is 0 Å². The molecule has 5 heteroatoms. The minimum absolute atomic E-state index is 0.00144. The Bertz CT molecular complexity index is 1050. The number of nitrogens with zero attached hydrogens (tertiary/aromatic N) is 1. The Labute approximate surface area is 145 Å². The molecular formula is C20H19N3O2. The van der Waals surface area contributed by atoms with E-state index >= 15 is 0 Å². The minimum atomic E-state index is -0.00144. The zero-order valence-corrected chi connectivity index (χ0v) is 14.0. The summed E-state index contributed by atoms with van der Waals surface area (Å²) in [7, 11) is 1.67. The van der Waals surface area contributed by atoms with Crippen LogP contribution in [-0.2, 0) is 11.3 Å². The van der Waals surface area contributed by atoms with Crippen LogP contribution in [0.4, 0.5) is 5.69 Å². The largest absolute Gasteiger partial charge is 0.496 e. The van der Waals surface area contributed by atoms with Gasteiger partial charge in [-0.1, -0.05) is 12.1 Å². The highest BCUT2D eigenvalue weighted by atomic mass is 16.5. The maximum Gasteiger partial charge on any atom is 0.226 e. The number of rotatable bonds is 5. The Balaban J connectivity index is 1.48.